The highest BCUT2D eigenvalue weighted by molar-refractivity contribution is 5.85. The van der Waals surface area contributed by atoms with E-state index in [2.05, 4.69) is 10.3 Å². The lowest BCUT2D eigenvalue weighted by molar-refractivity contribution is 0.0615. The molecule has 1 atom stereocenters. The summed E-state index contributed by atoms with van der Waals surface area (Å²) in [6.45, 7) is 0.783. The Morgan fingerprint density at radius 3 is 3.00 bits per heavy atom. The fraction of sp³-hybridized carbons (Fsp3) is 0.455. The molecule has 94 valence electrons. The number of carboxylic acid groups (broad SMARTS) is 1. The van der Waals surface area contributed by atoms with Crippen molar-refractivity contribution < 1.29 is 19.7 Å². The highest BCUT2D eigenvalue weighted by Gasteiger charge is 2.06. The largest absolute Gasteiger partial charge is 0.477 e. The van der Waals surface area contributed by atoms with Gasteiger partial charge in [-0.2, -0.15) is 0 Å². The van der Waals surface area contributed by atoms with E-state index in [1.807, 2.05) is 0 Å². The number of anilines is 1. The summed E-state index contributed by atoms with van der Waals surface area (Å²) in [5.41, 5.74) is -0.00700. The van der Waals surface area contributed by atoms with E-state index in [1.54, 1.807) is 12.1 Å². The minimum atomic E-state index is -1.06. The molecule has 1 aromatic rings. The summed E-state index contributed by atoms with van der Waals surface area (Å²) in [6.07, 6.45) is -0.0255. The summed E-state index contributed by atoms with van der Waals surface area (Å²) in [5.74, 6) is -0.581. The molecule has 1 unspecified atom stereocenters. The molecule has 6 nitrogen and oxygen atoms in total. The molecule has 1 heterocycles. The number of carboxylic acids is 1. The molecule has 6 heteroatoms. The van der Waals surface area contributed by atoms with Gasteiger partial charge in [0, 0.05) is 13.7 Å². The van der Waals surface area contributed by atoms with Crippen molar-refractivity contribution in [3.05, 3.63) is 23.9 Å². The van der Waals surface area contributed by atoms with E-state index in [0.29, 0.717) is 18.8 Å². The number of aliphatic hydroxyl groups is 1. The van der Waals surface area contributed by atoms with Crippen molar-refractivity contribution in [2.24, 2.45) is 0 Å². The SMILES string of the molecule is COCC(O)CCNc1cccc(C(=O)O)n1. The van der Waals surface area contributed by atoms with Crippen LogP contribution in [0.15, 0.2) is 18.2 Å². The zero-order valence-electron chi connectivity index (χ0n) is 9.59. The summed E-state index contributed by atoms with van der Waals surface area (Å²) < 4.78 is 4.79. The molecule has 1 rings (SSSR count). The van der Waals surface area contributed by atoms with Crippen molar-refractivity contribution in [1.82, 2.24) is 4.98 Å². The number of rotatable bonds is 7. The van der Waals surface area contributed by atoms with Gasteiger partial charge in [0.1, 0.15) is 5.82 Å². The minimum Gasteiger partial charge on any atom is -0.477 e. The van der Waals surface area contributed by atoms with Gasteiger partial charge in [-0.15, -0.1) is 0 Å². The predicted molar refractivity (Wildman–Crippen MR) is 62.2 cm³/mol. The topological polar surface area (TPSA) is 91.7 Å². The van der Waals surface area contributed by atoms with E-state index in [0.717, 1.165) is 0 Å². The Morgan fingerprint density at radius 1 is 1.59 bits per heavy atom. The number of methoxy groups -OCH3 is 1. The predicted octanol–water partition coefficient (Wildman–Crippen LogP) is 0.589. The van der Waals surface area contributed by atoms with E-state index in [1.165, 1.54) is 13.2 Å². The van der Waals surface area contributed by atoms with Crippen LogP contribution in [0, 0.1) is 0 Å². The first-order valence-electron chi connectivity index (χ1n) is 5.24. The molecular weight excluding hydrogens is 224 g/mol. The number of aliphatic hydroxyl groups excluding tert-OH is 1. The summed E-state index contributed by atoms with van der Waals surface area (Å²) in [4.78, 5) is 14.6. The molecule has 17 heavy (non-hydrogen) atoms. The van der Waals surface area contributed by atoms with Crippen molar-refractivity contribution in [2.75, 3.05) is 25.6 Å². The summed E-state index contributed by atoms with van der Waals surface area (Å²) >= 11 is 0. The Bertz CT molecular complexity index is 370. The van der Waals surface area contributed by atoms with Crippen molar-refractivity contribution in [1.29, 1.82) is 0 Å². The smallest absolute Gasteiger partial charge is 0.354 e. The van der Waals surface area contributed by atoms with E-state index < -0.39 is 12.1 Å². The summed E-state index contributed by atoms with van der Waals surface area (Å²) in [5, 5.41) is 21.1. The maximum absolute atomic E-state index is 10.7. The molecule has 0 aliphatic rings. The molecule has 0 fully saturated rings. The average molecular weight is 240 g/mol. The Balaban J connectivity index is 2.41. The van der Waals surface area contributed by atoms with Gasteiger partial charge < -0.3 is 20.3 Å². The van der Waals surface area contributed by atoms with Crippen LogP contribution in [0.25, 0.3) is 0 Å². The van der Waals surface area contributed by atoms with Gasteiger partial charge in [-0.25, -0.2) is 9.78 Å². The zero-order valence-corrected chi connectivity index (χ0v) is 9.59. The fourth-order valence-corrected chi connectivity index (χ4v) is 1.29. The third kappa shape index (κ3) is 4.80. The van der Waals surface area contributed by atoms with Crippen LogP contribution in [0.2, 0.25) is 0 Å². The number of carbonyl (C=O) groups is 1. The van der Waals surface area contributed by atoms with Crippen LogP contribution in [-0.2, 0) is 4.74 Å². The number of pyridine rings is 1. The molecular formula is C11H16N2O4. The lowest BCUT2D eigenvalue weighted by atomic mass is 10.2. The second kappa shape index (κ2) is 6.82. The van der Waals surface area contributed by atoms with E-state index in [9.17, 15) is 9.90 Å². The fourth-order valence-electron chi connectivity index (χ4n) is 1.29. The first-order chi connectivity index (χ1) is 8.13. The second-order valence-electron chi connectivity index (χ2n) is 3.54. The van der Waals surface area contributed by atoms with Crippen LogP contribution in [-0.4, -0.2) is 47.5 Å². The van der Waals surface area contributed by atoms with Gasteiger partial charge in [0.15, 0.2) is 5.69 Å². The summed E-state index contributed by atoms with van der Waals surface area (Å²) in [7, 11) is 1.52. The van der Waals surface area contributed by atoms with E-state index in [4.69, 9.17) is 9.84 Å². The number of aromatic carboxylic acids is 1. The maximum atomic E-state index is 10.7. The Kier molecular flexibility index (Phi) is 5.38. The highest BCUT2D eigenvalue weighted by atomic mass is 16.5. The van der Waals surface area contributed by atoms with Crippen LogP contribution >= 0.6 is 0 Å². The van der Waals surface area contributed by atoms with Crippen molar-refractivity contribution in [3.8, 4) is 0 Å². The van der Waals surface area contributed by atoms with Gasteiger partial charge in [-0.1, -0.05) is 6.07 Å². The number of nitrogens with one attached hydrogen (secondary N) is 1. The lowest BCUT2D eigenvalue weighted by Crippen LogP contribution is -2.18. The first kappa shape index (κ1) is 13.4. The van der Waals surface area contributed by atoms with Gasteiger partial charge in [0.2, 0.25) is 0 Å². The van der Waals surface area contributed by atoms with Crippen LogP contribution < -0.4 is 5.32 Å². The molecule has 0 saturated heterocycles. The third-order valence-corrected chi connectivity index (χ3v) is 2.11. The second-order valence-corrected chi connectivity index (χ2v) is 3.54. The van der Waals surface area contributed by atoms with Crippen molar-refractivity contribution >= 4 is 11.8 Å². The lowest BCUT2D eigenvalue weighted by Gasteiger charge is -2.10. The quantitative estimate of drug-likeness (QED) is 0.646. The van der Waals surface area contributed by atoms with Crippen LogP contribution in [0.1, 0.15) is 16.9 Å². The van der Waals surface area contributed by atoms with Gasteiger partial charge in [-0.05, 0) is 18.6 Å². The molecule has 0 aliphatic carbocycles. The Labute approximate surface area is 99.3 Å². The van der Waals surface area contributed by atoms with Gasteiger partial charge in [0.05, 0.1) is 12.7 Å². The number of hydrogen-bond donors (Lipinski definition) is 3. The van der Waals surface area contributed by atoms with Crippen molar-refractivity contribution in [3.63, 3.8) is 0 Å². The Hall–Kier alpha value is -1.66. The monoisotopic (exact) mass is 240 g/mol. The third-order valence-electron chi connectivity index (χ3n) is 2.11. The number of ether oxygens (including phenoxy) is 1. The molecule has 0 spiro atoms. The highest BCUT2D eigenvalue weighted by Crippen LogP contribution is 2.05. The number of nitrogens with zero attached hydrogens (tertiary/aromatic N) is 1. The molecule has 0 radical (unpaired) electrons. The first-order valence-corrected chi connectivity index (χ1v) is 5.24. The van der Waals surface area contributed by atoms with Gasteiger partial charge in [0.25, 0.3) is 0 Å². The van der Waals surface area contributed by atoms with Gasteiger partial charge >= 0.3 is 5.97 Å². The standard InChI is InChI=1S/C11H16N2O4/c1-17-7-8(14)5-6-12-10-4-2-3-9(13-10)11(15)16/h2-4,8,14H,5-7H2,1H3,(H,12,13)(H,15,16). The van der Waals surface area contributed by atoms with Crippen LogP contribution in [0.5, 0.6) is 0 Å². The molecule has 1 aromatic heterocycles. The molecule has 3 N–H and O–H groups in total. The number of hydrogen-bond acceptors (Lipinski definition) is 5. The summed E-state index contributed by atoms with van der Waals surface area (Å²) in [6, 6.07) is 4.72. The van der Waals surface area contributed by atoms with Crippen LogP contribution in [0.3, 0.4) is 0 Å². The van der Waals surface area contributed by atoms with Crippen LogP contribution in [0.4, 0.5) is 5.82 Å². The van der Waals surface area contributed by atoms with Gasteiger partial charge in [-0.3, -0.25) is 0 Å². The van der Waals surface area contributed by atoms with E-state index >= 15 is 0 Å². The molecule has 0 saturated carbocycles. The van der Waals surface area contributed by atoms with Crippen molar-refractivity contribution in [2.45, 2.75) is 12.5 Å². The Morgan fingerprint density at radius 2 is 2.35 bits per heavy atom. The molecule has 0 amide bonds. The van der Waals surface area contributed by atoms with E-state index in [-0.39, 0.29) is 12.3 Å². The molecule has 0 bridgehead atoms. The molecule has 0 aromatic carbocycles. The maximum Gasteiger partial charge on any atom is 0.354 e. The zero-order chi connectivity index (χ0) is 12.7. The minimum absolute atomic E-state index is 0.00700. The normalized spacial score (nSPS) is 12.1. The average Bonchev–Trinajstić information content (AvgIpc) is 2.30. The number of aromatic nitrogens is 1. The molecule has 0 aliphatic heterocycles.